The summed E-state index contributed by atoms with van der Waals surface area (Å²) in [7, 11) is -3.25. The van der Waals surface area contributed by atoms with Gasteiger partial charge in [0.25, 0.3) is 10.2 Å². The first-order valence-corrected chi connectivity index (χ1v) is 6.96. The standard InChI is InChI=1S/C9H19N3O2S/c1-7-6-12(5-4-9(7)10)15(13,14)11-8-2-3-8/h7-9,11H,2-6,10H2,1H3. The van der Waals surface area contributed by atoms with Crippen molar-refractivity contribution in [2.45, 2.75) is 38.3 Å². The van der Waals surface area contributed by atoms with Gasteiger partial charge in [0.2, 0.25) is 0 Å². The van der Waals surface area contributed by atoms with Crippen molar-refractivity contribution in [2.75, 3.05) is 13.1 Å². The van der Waals surface area contributed by atoms with E-state index < -0.39 is 10.2 Å². The maximum absolute atomic E-state index is 11.9. The zero-order valence-electron chi connectivity index (χ0n) is 9.02. The quantitative estimate of drug-likeness (QED) is 0.700. The second-order valence-electron chi connectivity index (χ2n) is 4.68. The van der Waals surface area contributed by atoms with Crippen molar-refractivity contribution in [1.82, 2.24) is 9.03 Å². The van der Waals surface area contributed by atoms with Gasteiger partial charge in [-0.3, -0.25) is 0 Å². The first-order chi connectivity index (χ1) is 6.99. The Morgan fingerprint density at radius 3 is 2.53 bits per heavy atom. The fourth-order valence-corrected chi connectivity index (χ4v) is 3.41. The van der Waals surface area contributed by atoms with Crippen molar-refractivity contribution < 1.29 is 8.42 Å². The van der Waals surface area contributed by atoms with E-state index in [4.69, 9.17) is 5.73 Å². The van der Waals surface area contributed by atoms with Crippen molar-refractivity contribution in [1.29, 1.82) is 0 Å². The minimum Gasteiger partial charge on any atom is -0.327 e. The Morgan fingerprint density at radius 1 is 1.33 bits per heavy atom. The molecule has 1 heterocycles. The molecule has 2 unspecified atom stereocenters. The second-order valence-corrected chi connectivity index (χ2v) is 6.39. The number of nitrogens with two attached hydrogens (primary N) is 1. The van der Waals surface area contributed by atoms with Gasteiger partial charge in [-0.2, -0.15) is 17.4 Å². The topological polar surface area (TPSA) is 75.4 Å². The molecule has 1 saturated carbocycles. The zero-order chi connectivity index (χ0) is 11.1. The first kappa shape index (κ1) is 11.3. The van der Waals surface area contributed by atoms with Gasteiger partial charge in [0.1, 0.15) is 0 Å². The summed E-state index contributed by atoms with van der Waals surface area (Å²) < 4.78 is 27.9. The highest BCUT2D eigenvalue weighted by Gasteiger charge is 2.34. The van der Waals surface area contributed by atoms with Gasteiger partial charge in [-0.15, -0.1) is 0 Å². The normalized spacial score (nSPS) is 34.3. The summed E-state index contributed by atoms with van der Waals surface area (Å²) in [6, 6.07) is 0.318. The highest BCUT2D eigenvalue weighted by atomic mass is 32.2. The molecule has 0 aromatic carbocycles. The zero-order valence-corrected chi connectivity index (χ0v) is 9.83. The van der Waals surface area contributed by atoms with Crippen LogP contribution in [-0.2, 0) is 10.2 Å². The van der Waals surface area contributed by atoms with Crippen LogP contribution in [0.25, 0.3) is 0 Å². The molecule has 1 aliphatic carbocycles. The van der Waals surface area contributed by atoms with E-state index in [-0.39, 0.29) is 18.0 Å². The summed E-state index contributed by atoms with van der Waals surface area (Å²) in [6.07, 6.45) is 2.71. The summed E-state index contributed by atoms with van der Waals surface area (Å²) in [5, 5.41) is 0. The van der Waals surface area contributed by atoms with Gasteiger partial charge >= 0.3 is 0 Å². The Kier molecular flexibility index (Phi) is 3.03. The average Bonchev–Trinajstić information content (AvgIpc) is 2.92. The van der Waals surface area contributed by atoms with Gasteiger partial charge in [-0.25, -0.2) is 0 Å². The lowest BCUT2D eigenvalue weighted by molar-refractivity contribution is 0.247. The monoisotopic (exact) mass is 233 g/mol. The fraction of sp³-hybridized carbons (Fsp3) is 1.00. The molecule has 2 rings (SSSR count). The largest absolute Gasteiger partial charge is 0.327 e. The van der Waals surface area contributed by atoms with Crippen molar-refractivity contribution in [2.24, 2.45) is 11.7 Å². The highest BCUT2D eigenvalue weighted by molar-refractivity contribution is 7.87. The van der Waals surface area contributed by atoms with Crippen molar-refractivity contribution in [3.63, 3.8) is 0 Å². The summed E-state index contributed by atoms with van der Waals surface area (Å²) in [5.74, 6) is 0.245. The molecular weight excluding hydrogens is 214 g/mol. The van der Waals surface area contributed by atoms with Crippen molar-refractivity contribution in [3.8, 4) is 0 Å². The van der Waals surface area contributed by atoms with Gasteiger partial charge in [0, 0.05) is 25.2 Å². The van der Waals surface area contributed by atoms with E-state index in [0.717, 1.165) is 19.3 Å². The fourth-order valence-electron chi connectivity index (χ4n) is 1.83. The molecule has 0 amide bonds. The van der Waals surface area contributed by atoms with Crippen LogP contribution in [0.15, 0.2) is 0 Å². The van der Waals surface area contributed by atoms with Crippen LogP contribution in [0.2, 0.25) is 0 Å². The maximum Gasteiger partial charge on any atom is 0.279 e. The second kappa shape index (κ2) is 4.01. The summed E-state index contributed by atoms with van der Waals surface area (Å²) >= 11 is 0. The number of hydrogen-bond acceptors (Lipinski definition) is 3. The van der Waals surface area contributed by atoms with E-state index in [1.54, 1.807) is 0 Å². The lowest BCUT2D eigenvalue weighted by Crippen LogP contribution is -2.51. The van der Waals surface area contributed by atoms with E-state index in [0.29, 0.717) is 13.1 Å². The molecule has 3 N–H and O–H groups in total. The number of nitrogens with zero attached hydrogens (tertiary/aromatic N) is 1. The first-order valence-electron chi connectivity index (χ1n) is 5.52. The molecule has 2 fully saturated rings. The summed E-state index contributed by atoms with van der Waals surface area (Å²) in [4.78, 5) is 0. The van der Waals surface area contributed by atoms with Crippen LogP contribution in [-0.4, -0.2) is 37.9 Å². The minimum atomic E-state index is -3.25. The van der Waals surface area contributed by atoms with Gasteiger partial charge < -0.3 is 5.73 Å². The Balaban J connectivity index is 1.97. The highest BCUT2D eigenvalue weighted by Crippen LogP contribution is 2.23. The molecule has 15 heavy (non-hydrogen) atoms. The minimum absolute atomic E-state index is 0.136. The van der Waals surface area contributed by atoms with Crippen LogP contribution in [0.4, 0.5) is 0 Å². The average molecular weight is 233 g/mol. The van der Waals surface area contributed by atoms with E-state index in [2.05, 4.69) is 4.72 Å². The third kappa shape index (κ3) is 2.69. The van der Waals surface area contributed by atoms with E-state index in [9.17, 15) is 8.42 Å². The Hall–Kier alpha value is -0.170. The molecule has 5 nitrogen and oxygen atoms in total. The molecule has 0 aromatic rings. The predicted octanol–water partition coefficient (Wildman–Crippen LogP) is -0.348. The molecule has 1 saturated heterocycles. The van der Waals surface area contributed by atoms with Gasteiger partial charge in [0.15, 0.2) is 0 Å². The van der Waals surface area contributed by atoms with Crippen LogP contribution in [0, 0.1) is 5.92 Å². The van der Waals surface area contributed by atoms with Gasteiger partial charge in [0.05, 0.1) is 0 Å². The molecule has 2 aliphatic rings. The molecule has 2 atom stereocenters. The Bertz CT molecular complexity index is 326. The molecule has 0 spiro atoms. The van der Waals surface area contributed by atoms with Crippen LogP contribution in [0.1, 0.15) is 26.2 Å². The molecule has 0 radical (unpaired) electrons. The summed E-state index contributed by atoms with van der Waals surface area (Å²) in [6.45, 7) is 3.10. The number of piperidine rings is 1. The number of nitrogens with one attached hydrogen (secondary N) is 1. The maximum atomic E-state index is 11.9. The SMILES string of the molecule is CC1CN(S(=O)(=O)NC2CC2)CCC1N. The van der Waals surface area contributed by atoms with Crippen molar-refractivity contribution >= 4 is 10.2 Å². The number of rotatable bonds is 3. The smallest absolute Gasteiger partial charge is 0.279 e. The summed E-state index contributed by atoms with van der Waals surface area (Å²) in [5.41, 5.74) is 5.86. The lowest BCUT2D eigenvalue weighted by Gasteiger charge is -2.34. The predicted molar refractivity (Wildman–Crippen MR) is 58.4 cm³/mol. The van der Waals surface area contributed by atoms with Gasteiger partial charge in [-0.1, -0.05) is 6.92 Å². The Morgan fingerprint density at radius 2 is 2.00 bits per heavy atom. The molecule has 1 aliphatic heterocycles. The van der Waals surface area contributed by atoms with Crippen molar-refractivity contribution in [3.05, 3.63) is 0 Å². The molecule has 6 heteroatoms. The molecular formula is C9H19N3O2S. The van der Waals surface area contributed by atoms with E-state index in [1.165, 1.54) is 4.31 Å². The lowest BCUT2D eigenvalue weighted by atomic mass is 9.96. The third-order valence-electron chi connectivity index (χ3n) is 3.17. The van der Waals surface area contributed by atoms with Gasteiger partial charge in [-0.05, 0) is 25.2 Å². The van der Waals surface area contributed by atoms with Crippen LogP contribution in [0.3, 0.4) is 0 Å². The molecule has 0 bridgehead atoms. The number of hydrogen-bond donors (Lipinski definition) is 2. The van der Waals surface area contributed by atoms with Crippen LogP contribution in [0.5, 0.6) is 0 Å². The third-order valence-corrected chi connectivity index (χ3v) is 4.81. The molecule has 88 valence electrons. The Labute approximate surface area is 91.2 Å². The van der Waals surface area contributed by atoms with Crippen LogP contribution < -0.4 is 10.5 Å². The van der Waals surface area contributed by atoms with Crippen LogP contribution >= 0.6 is 0 Å². The van der Waals surface area contributed by atoms with E-state index >= 15 is 0 Å². The molecule has 0 aromatic heterocycles. The van der Waals surface area contributed by atoms with E-state index in [1.807, 2.05) is 6.92 Å².